The standard InChI is InChI=1S/C11H8ClIN2O/c12-9-3-1-2-8(4-9)7-16-11-14-5-10(13)6-15-11/h1-6H,7H2. The van der Waals surface area contributed by atoms with Gasteiger partial charge in [0.05, 0.1) is 0 Å². The van der Waals surface area contributed by atoms with Crippen LogP contribution in [0, 0.1) is 3.57 Å². The van der Waals surface area contributed by atoms with E-state index in [1.54, 1.807) is 12.4 Å². The minimum absolute atomic E-state index is 0.375. The number of hydrogen-bond donors (Lipinski definition) is 0. The zero-order chi connectivity index (χ0) is 11.4. The van der Waals surface area contributed by atoms with Gasteiger partial charge in [-0.3, -0.25) is 0 Å². The van der Waals surface area contributed by atoms with Gasteiger partial charge in [0.1, 0.15) is 6.61 Å². The van der Waals surface area contributed by atoms with Gasteiger partial charge >= 0.3 is 6.01 Å². The highest BCUT2D eigenvalue weighted by atomic mass is 127. The molecule has 0 saturated carbocycles. The summed E-state index contributed by atoms with van der Waals surface area (Å²) in [4.78, 5) is 8.08. The van der Waals surface area contributed by atoms with Crippen LogP contribution in [0.15, 0.2) is 36.7 Å². The monoisotopic (exact) mass is 346 g/mol. The maximum absolute atomic E-state index is 5.86. The number of halogens is 2. The average Bonchev–Trinajstić information content (AvgIpc) is 2.28. The number of ether oxygens (including phenoxy) is 1. The Balaban J connectivity index is 1.99. The molecule has 0 amide bonds. The Morgan fingerprint density at radius 1 is 1.25 bits per heavy atom. The van der Waals surface area contributed by atoms with Gasteiger partial charge < -0.3 is 4.74 Å². The van der Waals surface area contributed by atoms with Crippen molar-refractivity contribution in [2.75, 3.05) is 0 Å². The fourth-order valence-corrected chi connectivity index (χ4v) is 1.64. The molecule has 0 aliphatic heterocycles. The highest BCUT2D eigenvalue weighted by Gasteiger charge is 1.99. The van der Waals surface area contributed by atoms with E-state index in [4.69, 9.17) is 16.3 Å². The Labute approximate surface area is 112 Å². The molecule has 0 radical (unpaired) electrons. The van der Waals surface area contributed by atoms with Crippen LogP contribution < -0.4 is 4.74 Å². The third-order valence-corrected chi connectivity index (χ3v) is 2.65. The average molecular weight is 347 g/mol. The van der Waals surface area contributed by atoms with E-state index in [1.807, 2.05) is 24.3 Å². The van der Waals surface area contributed by atoms with Crippen molar-refractivity contribution in [3.05, 3.63) is 50.8 Å². The van der Waals surface area contributed by atoms with Gasteiger partial charge in [-0.2, -0.15) is 0 Å². The summed E-state index contributed by atoms with van der Waals surface area (Å²) in [6.07, 6.45) is 3.42. The molecule has 0 aliphatic rings. The molecule has 0 fully saturated rings. The first-order valence-corrected chi connectivity index (χ1v) is 6.04. The Morgan fingerprint density at radius 3 is 2.69 bits per heavy atom. The summed E-state index contributed by atoms with van der Waals surface area (Å²) in [7, 11) is 0. The Hall–Kier alpha value is -0.880. The van der Waals surface area contributed by atoms with Crippen molar-refractivity contribution < 1.29 is 4.74 Å². The summed E-state index contributed by atoms with van der Waals surface area (Å²) in [6, 6.07) is 7.88. The lowest BCUT2D eigenvalue weighted by atomic mass is 10.2. The maximum atomic E-state index is 5.86. The molecular formula is C11H8ClIN2O. The van der Waals surface area contributed by atoms with Crippen molar-refractivity contribution in [3.8, 4) is 6.01 Å². The molecule has 16 heavy (non-hydrogen) atoms. The second-order valence-electron chi connectivity index (χ2n) is 3.10. The normalized spacial score (nSPS) is 10.1. The Morgan fingerprint density at radius 2 is 2.00 bits per heavy atom. The van der Waals surface area contributed by atoms with Gasteiger partial charge in [-0.05, 0) is 40.3 Å². The highest BCUT2D eigenvalue weighted by Crippen LogP contribution is 2.12. The van der Waals surface area contributed by atoms with Crippen molar-refractivity contribution in [1.29, 1.82) is 0 Å². The quantitative estimate of drug-likeness (QED) is 0.800. The van der Waals surface area contributed by atoms with Crippen LogP contribution in [-0.2, 0) is 6.61 Å². The van der Waals surface area contributed by atoms with Gasteiger partial charge in [0.25, 0.3) is 0 Å². The summed E-state index contributed by atoms with van der Waals surface area (Å²) >= 11 is 8.00. The first-order chi connectivity index (χ1) is 7.74. The minimum Gasteiger partial charge on any atom is -0.459 e. The fraction of sp³-hybridized carbons (Fsp3) is 0.0909. The molecular weight excluding hydrogens is 338 g/mol. The van der Waals surface area contributed by atoms with Gasteiger partial charge in [-0.25, -0.2) is 9.97 Å². The van der Waals surface area contributed by atoms with E-state index in [2.05, 4.69) is 32.6 Å². The lowest BCUT2D eigenvalue weighted by molar-refractivity contribution is 0.280. The molecule has 1 aromatic carbocycles. The van der Waals surface area contributed by atoms with Gasteiger partial charge in [-0.1, -0.05) is 23.7 Å². The molecule has 0 unspecified atom stereocenters. The fourth-order valence-electron chi connectivity index (χ4n) is 1.15. The molecule has 0 spiro atoms. The molecule has 3 nitrogen and oxygen atoms in total. The SMILES string of the molecule is Clc1cccc(COc2ncc(I)cn2)c1. The van der Waals surface area contributed by atoms with Crippen LogP contribution in [0.3, 0.4) is 0 Å². The van der Waals surface area contributed by atoms with Crippen LogP contribution >= 0.6 is 34.2 Å². The van der Waals surface area contributed by atoms with E-state index in [1.165, 1.54) is 0 Å². The van der Waals surface area contributed by atoms with Crippen LogP contribution in [0.1, 0.15) is 5.56 Å². The van der Waals surface area contributed by atoms with Gasteiger partial charge in [-0.15, -0.1) is 0 Å². The Bertz CT molecular complexity index is 476. The summed E-state index contributed by atoms with van der Waals surface area (Å²) in [5, 5.41) is 0.699. The Kier molecular flexibility index (Phi) is 3.95. The smallest absolute Gasteiger partial charge is 0.316 e. The topological polar surface area (TPSA) is 35.0 Å². The lowest BCUT2D eigenvalue weighted by Gasteiger charge is -2.04. The zero-order valence-corrected chi connectivity index (χ0v) is 11.1. The van der Waals surface area contributed by atoms with E-state index in [0.717, 1.165) is 9.13 Å². The zero-order valence-electron chi connectivity index (χ0n) is 8.23. The first kappa shape index (κ1) is 11.6. The lowest BCUT2D eigenvalue weighted by Crippen LogP contribution is -1.99. The molecule has 82 valence electrons. The number of hydrogen-bond acceptors (Lipinski definition) is 3. The van der Waals surface area contributed by atoms with Crippen LogP contribution in [0.25, 0.3) is 0 Å². The molecule has 1 heterocycles. The molecule has 0 saturated heterocycles. The molecule has 0 atom stereocenters. The van der Waals surface area contributed by atoms with E-state index in [9.17, 15) is 0 Å². The molecule has 1 aromatic heterocycles. The minimum atomic E-state index is 0.375. The third kappa shape index (κ3) is 3.31. The van der Waals surface area contributed by atoms with Gasteiger partial charge in [0.2, 0.25) is 0 Å². The van der Waals surface area contributed by atoms with Gasteiger partial charge in [0, 0.05) is 21.0 Å². The molecule has 5 heteroatoms. The number of benzene rings is 1. The van der Waals surface area contributed by atoms with Crippen LogP contribution in [-0.4, -0.2) is 9.97 Å². The second kappa shape index (κ2) is 5.45. The predicted octanol–water partition coefficient (Wildman–Crippen LogP) is 3.31. The van der Waals surface area contributed by atoms with Crippen molar-refractivity contribution in [2.24, 2.45) is 0 Å². The molecule has 0 N–H and O–H groups in total. The van der Waals surface area contributed by atoms with Crippen LogP contribution in [0.2, 0.25) is 5.02 Å². The van der Waals surface area contributed by atoms with Crippen LogP contribution in [0.5, 0.6) is 6.01 Å². The number of nitrogens with zero attached hydrogens (tertiary/aromatic N) is 2. The number of rotatable bonds is 3. The van der Waals surface area contributed by atoms with Crippen molar-refractivity contribution in [1.82, 2.24) is 9.97 Å². The summed E-state index contributed by atoms with van der Waals surface area (Å²) in [6.45, 7) is 0.418. The second-order valence-corrected chi connectivity index (χ2v) is 4.78. The molecule has 2 aromatic rings. The van der Waals surface area contributed by atoms with Crippen molar-refractivity contribution in [3.63, 3.8) is 0 Å². The van der Waals surface area contributed by atoms with Crippen molar-refractivity contribution >= 4 is 34.2 Å². The molecule has 2 rings (SSSR count). The van der Waals surface area contributed by atoms with E-state index >= 15 is 0 Å². The molecule has 0 bridgehead atoms. The summed E-state index contributed by atoms with van der Waals surface area (Å²) in [5.74, 6) is 0. The van der Waals surface area contributed by atoms with E-state index in [0.29, 0.717) is 17.6 Å². The first-order valence-electron chi connectivity index (χ1n) is 4.59. The predicted molar refractivity (Wildman–Crippen MR) is 70.5 cm³/mol. The number of aromatic nitrogens is 2. The third-order valence-electron chi connectivity index (χ3n) is 1.85. The maximum Gasteiger partial charge on any atom is 0.316 e. The molecule has 0 aliphatic carbocycles. The van der Waals surface area contributed by atoms with Gasteiger partial charge in [0.15, 0.2) is 0 Å². The summed E-state index contributed by atoms with van der Waals surface area (Å²) < 4.78 is 6.40. The van der Waals surface area contributed by atoms with E-state index < -0.39 is 0 Å². The van der Waals surface area contributed by atoms with E-state index in [-0.39, 0.29) is 0 Å². The van der Waals surface area contributed by atoms with Crippen molar-refractivity contribution in [2.45, 2.75) is 6.61 Å². The largest absolute Gasteiger partial charge is 0.459 e. The highest BCUT2D eigenvalue weighted by molar-refractivity contribution is 14.1. The van der Waals surface area contributed by atoms with Crippen LogP contribution in [0.4, 0.5) is 0 Å². The summed E-state index contributed by atoms with van der Waals surface area (Å²) in [5.41, 5.74) is 0.995.